The fourth-order valence-electron chi connectivity index (χ4n) is 5.98. The zero-order valence-electron chi connectivity index (χ0n) is 16.9. The lowest BCUT2D eigenvalue weighted by molar-refractivity contribution is -0.124. The van der Waals surface area contributed by atoms with Crippen molar-refractivity contribution in [2.75, 3.05) is 10.3 Å². The zero-order valence-corrected chi connectivity index (χ0v) is 16.9. The maximum absolute atomic E-state index is 13.2. The molecule has 2 bridgehead atoms. The highest BCUT2D eigenvalue weighted by molar-refractivity contribution is 6.22. The number of carbonyl (C=O) groups is 3. The van der Waals surface area contributed by atoms with E-state index in [1.807, 2.05) is 26.0 Å². The minimum absolute atomic E-state index is 0.0782. The summed E-state index contributed by atoms with van der Waals surface area (Å²) in [5.41, 5.74) is 5.78. The Hall–Kier alpha value is -3.15. The number of aryl methyl sites for hydroxylation is 2. The van der Waals surface area contributed by atoms with E-state index in [-0.39, 0.29) is 41.4 Å². The molecule has 4 aliphatic carbocycles. The number of hydrogen-bond donors (Lipinski definition) is 1. The summed E-state index contributed by atoms with van der Waals surface area (Å²) in [4.78, 5) is 40.4. The van der Waals surface area contributed by atoms with Crippen molar-refractivity contribution in [1.29, 1.82) is 0 Å². The summed E-state index contributed by atoms with van der Waals surface area (Å²) in [6.45, 7) is 3.85. The predicted octanol–water partition coefficient (Wildman–Crippen LogP) is 3.05. The van der Waals surface area contributed by atoms with Crippen molar-refractivity contribution in [3.8, 4) is 0 Å². The molecule has 30 heavy (non-hydrogen) atoms. The van der Waals surface area contributed by atoms with Gasteiger partial charge in [0.2, 0.25) is 11.8 Å². The first kappa shape index (κ1) is 17.7. The van der Waals surface area contributed by atoms with Gasteiger partial charge in [-0.2, -0.15) is 0 Å². The average molecular weight is 401 g/mol. The van der Waals surface area contributed by atoms with Gasteiger partial charge in [-0.25, -0.2) is 0 Å². The number of carbonyl (C=O) groups excluding carboxylic acids is 3. The molecule has 6 nitrogen and oxygen atoms in total. The second-order valence-corrected chi connectivity index (χ2v) is 9.11. The number of nitrogens with zero attached hydrogens (tertiary/aromatic N) is 2. The Balaban J connectivity index is 1.25. The molecule has 6 atom stereocenters. The average Bonchev–Trinajstić information content (AvgIpc) is 3.47. The summed E-state index contributed by atoms with van der Waals surface area (Å²) in [5.74, 6) is 0.788. The third-order valence-corrected chi connectivity index (χ3v) is 7.53. The highest BCUT2D eigenvalue weighted by Gasteiger charge is 2.67. The van der Waals surface area contributed by atoms with Crippen molar-refractivity contribution in [3.63, 3.8) is 0 Å². The molecule has 3 amide bonds. The summed E-state index contributed by atoms with van der Waals surface area (Å²) in [6, 6.07) is 10.6. The van der Waals surface area contributed by atoms with E-state index in [9.17, 15) is 14.4 Å². The normalized spacial score (nSPS) is 32.9. The monoisotopic (exact) mass is 401 g/mol. The van der Waals surface area contributed by atoms with E-state index in [2.05, 4.69) is 17.6 Å². The van der Waals surface area contributed by atoms with Gasteiger partial charge in [0.1, 0.15) is 0 Å². The fraction of sp³-hybridized carbons (Fsp3) is 0.375. The standard InChI is InChI=1S/C24H23N3O3/c1-12-3-4-13(2)27(12)25-22(28)14-5-7-15(8-6-14)26-23(29)20-16-9-10-17(19-11-18(16)19)21(20)24(26)30/h3-10,16-21H,11H2,1-2H3,(H,25,28)/t16-,17-,18-,19-,20+,21+/m0/s1. The molecule has 2 saturated carbocycles. The summed E-state index contributed by atoms with van der Waals surface area (Å²) < 4.78 is 1.74. The van der Waals surface area contributed by atoms with Crippen LogP contribution in [0.3, 0.4) is 0 Å². The largest absolute Gasteiger partial charge is 0.274 e. The van der Waals surface area contributed by atoms with E-state index in [1.165, 1.54) is 4.90 Å². The molecule has 152 valence electrons. The van der Waals surface area contributed by atoms with Gasteiger partial charge in [0, 0.05) is 17.0 Å². The van der Waals surface area contributed by atoms with E-state index in [4.69, 9.17) is 0 Å². The third-order valence-electron chi connectivity index (χ3n) is 7.53. The lowest BCUT2D eigenvalue weighted by Crippen LogP contribution is -2.40. The second kappa shape index (κ2) is 5.94. The molecule has 1 aliphatic heterocycles. The number of allylic oxidation sites excluding steroid dienone is 2. The van der Waals surface area contributed by atoms with Crippen LogP contribution < -0.4 is 10.3 Å². The summed E-state index contributed by atoms with van der Waals surface area (Å²) >= 11 is 0. The van der Waals surface area contributed by atoms with Crippen LogP contribution in [-0.2, 0) is 9.59 Å². The smallest absolute Gasteiger partial charge is 0.270 e. The molecule has 3 fully saturated rings. The number of aromatic nitrogens is 1. The van der Waals surface area contributed by atoms with Crippen LogP contribution >= 0.6 is 0 Å². The van der Waals surface area contributed by atoms with Crippen LogP contribution in [0.25, 0.3) is 0 Å². The molecule has 2 heterocycles. The maximum atomic E-state index is 13.2. The molecule has 7 rings (SSSR count). The molecule has 0 radical (unpaired) electrons. The Morgan fingerprint density at radius 3 is 1.93 bits per heavy atom. The Morgan fingerprint density at radius 1 is 0.867 bits per heavy atom. The molecule has 2 aromatic rings. The zero-order chi connectivity index (χ0) is 20.7. The van der Waals surface area contributed by atoms with Crippen LogP contribution in [0.2, 0.25) is 0 Å². The van der Waals surface area contributed by atoms with Crippen LogP contribution in [0.5, 0.6) is 0 Å². The van der Waals surface area contributed by atoms with Gasteiger partial charge in [0.05, 0.1) is 17.5 Å². The van der Waals surface area contributed by atoms with Crippen molar-refractivity contribution in [3.05, 3.63) is 65.5 Å². The van der Waals surface area contributed by atoms with E-state index < -0.39 is 0 Å². The van der Waals surface area contributed by atoms with Gasteiger partial charge in [-0.05, 0) is 80.3 Å². The lowest BCUT2D eigenvalue weighted by atomic mass is 9.63. The summed E-state index contributed by atoms with van der Waals surface area (Å²) in [6.07, 6.45) is 5.50. The van der Waals surface area contributed by atoms with E-state index in [0.29, 0.717) is 23.1 Å². The molecule has 1 saturated heterocycles. The first-order valence-corrected chi connectivity index (χ1v) is 10.6. The Labute approximate surface area is 174 Å². The molecule has 5 aliphatic rings. The fourth-order valence-corrected chi connectivity index (χ4v) is 5.98. The minimum atomic E-state index is -0.237. The number of amides is 3. The van der Waals surface area contributed by atoms with Gasteiger partial charge in [-0.1, -0.05) is 12.2 Å². The van der Waals surface area contributed by atoms with Gasteiger partial charge in [0.15, 0.2) is 0 Å². The molecule has 0 spiro atoms. The minimum Gasteiger partial charge on any atom is -0.274 e. The van der Waals surface area contributed by atoms with Gasteiger partial charge in [-0.3, -0.25) is 29.4 Å². The number of imide groups is 1. The van der Waals surface area contributed by atoms with Crippen LogP contribution in [0.15, 0.2) is 48.6 Å². The van der Waals surface area contributed by atoms with Crippen LogP contribution in [0.4, 0.5) is 5.69 Å². The van der Waals surface area contributed by atoms with E-state index in [0.717, 1.165) is 17.8 Å². The number of rotatable bonds is 3. The van der Waals surface area contributed by atoms with Crippen molar-refractivity contribution in [2.24, 2.45) is 35.5 Å². The maximum Gasteiger partial charge on any atom is 0.270 e. The quantitative estimate of drug-likeness (QED) is 0.635. The second-order valence-electron chi connectivity index (χ2n) is 9.11. The van der Waals surface area contributed by atoms with Crippen molar-refractivity contribution in [2.45, 2.75) is 20.3 Å². The Kier molecular flexibility index (Phi) is 3.50. The van der Waals surface area contributed by atoms with Gasteiger partial charge >= 0.3 is 0 Å². The van der Waals surface area contributed by atoms with E-state index in [1.54, 1.807) is 28.9 Å². The molecule has 1 aromatic heterocycles. The Bertz CT molecular complexity index is 1070. The summed E-state index contributed by atoms with van der Waals surface area (Å²) in [7, 11) is 0. The lowest BCUT2D eigenvalue weighted by Gasteiger charge is -2.37. The number of anilines is 1. The molecule has 1 N–H and O–H groups in total. The SMILES string of the molecule is Cc1ccc(C)n1NC(=O)c1ccc(N2C(=O)[C@@H]3[C@H]4C=C[C@@H]([C@@H]5C[C@@H]45)[C@H]3C2=O)cc1. The van der Waals surface area contributed by atoms with Crippen LogP contribution in [0, 0.1) is 49.4 Å². The van der Waals surface area contributed by atoms with Crippen molar-refractivity contribution < 1.29 is 14.4 Å². The molecular weight excluding hydrogens is 378 g/mol. The first-order valence-electron chi connectivity index (χ1n) is 10.6. The number of hydrogen-bond acceptors (Lipinski definition) is 3. The topological polar surface area (TPSA) is 71.4 Å². The number of nitrogens with one attached hydrogen (secondary N) is 1. The van der Waals surface area contributed by atoms with Crippen LogP contribution in [0.1, 0.15) is 28.2 Å². The third kappa shape index (κ3) is 2.27. The van der Waals surface area contributed by atoms with Gasteiger partial charge < -0.3 is 0 Å². The molecule has 6 heteroatoms. The first-order chi connectivity index (χ1) is 14.5. The van der Waals surface area contributed by atoms with E-state index >= 15 is 0 Å². The van der Waals surface area contributed by atoms with Gasteiger partial charge in [-0.15, -0.1) is 0 Å². The highest BCUT2D eigenvalue weighted by Crippen LogP contribution is 2.65. The van der Waals surface area contributed by atoms with Crippen molar-refractivity contribution in [1.82, 2.24) is 4.68 Å². The molecule has 1 aromatic carbocycles. The Morgan fingerprint density at radius 2 is 1.40 bits per heavy atom. The predicted molar refractivity (Wildman–Crippen MR) is 111 cm³/mol. The van der Waals surface area contributed by atoms with Gasteiger partial charge in [0.25, 0.3) is 5.91 Å². The van der Waals surface area contributed by atoms with Crippen molar-refractivity contribution >= 4 is 23.4 Å². The highest BCUT2D eigenvalue weighted by atomic mass is 16.2. The molecule has 0 unspecified atom stereocenters. The molecular formula is C24H23N3O3. The summed E-state index contributed by atoms with van der Waals surface area (Å²) in [5, 5.41) is 0. The van der Waals surface area contributed by atoms with Crippen LogP contribution in [-0.4, -0.2) is 22.4 Å². The number of benzene rings is 1.